The normalized spacial score (nSPS) is 16.1. The number of hydrogen-bond acceptors (Lipinski definition) is 5. The van der Waals surface area contributed by atoms with E-state index in [0.717, 1.165) is 40.9 Å². The molecule has 1 amide bonds. The quantitative estimate of drug-likeness (QED) is 0.122. The van der Waals surface area contributed by atoms with Gasteiger partial charge >= 0.3 is 12.1 Å². The number of rotatable bonds is 8. The highest BCUT2D eigenvalue weighted by Crippen LogP contribution is 2.51. The van der Waals surface area contributed by atoms with Gasteiger partial charge in [0, 0.05) is 36.6 Å². The highest BCUT2D eigenvalue weighted by Gasteiger charge is 2.51. The molecule has 3 aromatic carbocycles. The molecule has 1 saturated carbocycles. The lowest BCUT2D eigenvalue weighted by Gasteiger charge is -2.29. The number of hydrogen-bond donors (Lipinski definition) is 2. The number of anilines is 1. The predicted molar refractivity (Wildman–Crippen MR) is 153 cm³/mol. The molecule has 200 valence electrons. The average molecular weight is 533 g/mol. The Morgan fingerprint density at radius 2 is 1.85 bits per heavy atom. The van der Waals surface area contributed by atoms with Gasteiger partial charge in [0.25, 0.3) is 0 Å². The fourth-order valence-corrected chi connectivity index (χ4v) is 5.31. The molecule has 2 aliphatic rings. The summed E-state index contributed by atoms with van der Waals surface area (Å²) in [5.41, 5.74) is 5.55. The molecule has 0 atom stereocenters. The second-order valence-corrected chi connectivity index (χ2v) is 10.1. The molecule has 0 bridgehead atoms. The van der Waals surface area contributed by atoms with Gasteiger partial charge in [-0.2, -0.15) is 0 Å². The third-order valence-electron chi connectivity index (χ3n) is 7.46. The fourth-order valence-electron chi connectivity index (χ4n) is 5.31. The molecule has 1 aliphatic carbocycles. The van der Waals surface area contributed by atoms with E-state index in [2.05, 4.69) is 16.9 Å². The van der Waals surface area contributed by atoms with Crippen molar-refractivity contribution in [2.24, 2.45) is 7.05 Å². The van der Waals surface area contributed by atoms with Crippen LogP contribution in [0, 0.1) is 0 Å². The average Bonchev–Trinajstić information content (AvgIpc) is 3.53. The van der Waals surface area contributed by atoms with Crippen LogP contribution in [-0.2, 0) is 17.4 Å². The third kappa shape index (κ3) is 4.43. The maximum absolute atomic E-state index is 13.1. The molecule has 1 aliphatic heterocycles. The summed E-state index contributed by atoms with van der Waals surface area (Å²) < 4.78 is 7.48. The van der Waals surface area contributed by atoms with Crippen LogP contribution in [-0.4, -0.2) is 38.2 Å². The molecule has 40 heavy (non-hydrogen) atoms. The third-order valence-corrected chi connectivity index (χ3v) is 7.46. The van der Waals surface area contributed by atoms with Crippen molar-refractivity contribution in [1.29, 1.82) is 0 Å². The summed E-state index contributed by atoms with van der Waals surface area (Å²) in [5, 5.41) is 13.3. The molecule has 2 N–H and O–H groups in total. The molecule has 0 saturated heterocycles. The number of benzene rings is 3. The van der Waals surface area contributed by atoms with Gasteiger partial charge < -0.3 is 19.7 Å². The van der Waals surface area contributed by atoms with E-state index in [-0.39, 0.29) is 6.54 Å². The summed E-state index contributed by atoms with van der Waals surface area (Å²) in [4.78, 5) is 31.0. The number of fused-ring (bicyclic) bond motifs is 1. The summed E-state index contributed by atoms with van der Waals surface area (Å²) in [7, 11) is 1.93. The lowest BCUT2D eigenvalue weighted by atomic mass is 9.96. The minimum absolute atomic E-state index is 0.255. The molecule has 0 radical (unpaired) electrons. The predicted octanol–water partition coefficient (Wildman–Crippen LogP) is 6.14. The van der Waals surface area contributed by atoms with Gasteiger partial charge in [0.15, 0.2) is 0 Å². The number of carboxylic acid groups (broad SMARTS) is 1. The van der Waals surface area contributed by atoms with E-state index < -0.39 is 17.6 Å². The van der Waals surface area contributed by atoms with E-state index in [9.17, 15) is 14.7 Å². The Kier molecular flexibility index (Phi) is 6.23. The molecule has 8 heteroatoms. The number of carbonyl (C=O) groups is 2. The summed E-state index contributed by atoms with van der Waals surface area (Å²) in [6, 6.07) is 23.0. The Labute approximate surface area is 231 Å². The Hall–Kier alpha value is -5.11. The monoisotopic (exact) mass is 532 g/mol. The second-order valence-electron chi connectivity index (χ2n) is 10.1. The number of amides is 1. The van der Waals surface area contributed by atoms with Crippen LogP contribution in [0.15, 0.2) is 98.0 Å². The topological polar surface area (TPSA) is 96.7 Å². The molecule has 1 fully saturated rings. The van der Waals surface area contributed by atoms with E-state index >= 15 is 0 Å². The molecular formula is C32H28N4O4. The van der Waals surface area contributed by atoms with Crippen molar-refractivity contribution in [3.8, 4) is 17.0 Å². The smallest absolute Gasteiger partial charge is 0.408 e. The summed E-state index contributed by atoms with van der Waals surface area (Å²) >= 11 is 0. The molecule has 0 spiro atoms. The van der Waals surface area contributed by atoms with Crippen LogP contribution in [0.3, 0.4) is 0 Å². The van der Waals surface area contributed by atoms with E-state index in [1.807, 2.05) is 84.5 Å². The number of para-hydroxylation sites is 1. The molecule has 8 nitrogen and oxygen atoms in total. The second kappa shape index (κ2) is 9.89. The van der Waals surface area contributed by atoms with Crippen molar-refractivity contribution in [1.82, 2.24) is 14.5 Å². The molecule has 6 rings (SSSR count). The van der Waals surface area contributed by atoms with Crippen LogP contribution >= 0.6 is 0 Å². The van der Waals surface area contributed by atoms with Crippen molar-refractivity contribution in [2.75, 3.05) is 11.9 Å². The Morgan fingerprint density at radius 3 is 2.48 bits per heavy atom. The highest BCUT2D eigenvalue weighted by atomic mass is 16.5. The van der Waals surface area contributed by atoms with E-state index in [4.69, 9.17) is 4.74 Å². The van der Waals surface area contributed by atoms with Crippen LogP contribution in [0.1, 0.15) is 29.5 Å². The largest absolute Gasteiger partial charge is 0.465 e. The maximum atomic E-state index is 13.1. The number of ether oxygens (including phenoxy) is 1. The number of imidazole rings is 1. The first kappa shape index (κ1) is 25.2. The van der Waals surface area contributed by atoms with E-state index in [1.165, 1.54) is 4.90 Å². The van der Waals surface area contributed by atoms with Crippen LogP contribution in [0.4, 0.5) is 10.5 Å². The van der Waals surface area contributed by atoms with Gasteiger partial charge in [0.1, 0.15) is 5.75 Å². The number of nitrogens with zero attached hydrogens (tertiary/aromatic N) is 3. The first-order valence-electron chi connectivity index (χ1n) is 13.0. The Bertz CT molecular complexity index is 1650. The van der Waals surface area contributed by atoms with E-state index in [0.29, 0.717) is 22.6 Å². The molecule has 1 aromatic heterocycles. The SMILES string of the molecule is C=CCN(C(=O)O)C1(c2ccc(C(Nc3ccc(-c4cn(C)cn4)cc3)=C3C(=O)Oc4ccccc43)cc2)CC1. The van der Waals surface area contributed by atoms with Crippen molar-refractivity contribution in [2.45, 2.75) is 18.4 Å². The minimum atomic E-state index is -0.967. The highest BCUT2D eigenvalue weighted by molar-refractivity contribution is 6.29. The standard InChI is InChI=1S/C32H28N4O4/c1-3-18-36(31(38)39)32(16-17-32)23-12-8-22(9-13-23)29(28-25-6-4-5-7-27(25)40-30(28)37)34-24-14-10-21(11-15-24)26-19-35(2)20-33-26/h3-15,19-20,34H,1,16-18H2,2H3,(H,38,39). The summed E-state index contributed by atoms with van der Waals surface area (Å²) in [6.45, 7) is 3.98. The fraction of sp³-hybridized carbons (Fsp3) is 0.156. The van der Waals surface area contributed by atoms with Crippen molar-refractivity contribution < 1.29 is 19.4 Å². The van der Waals surface area contributed by atoms with Crippen molar-refractivity contribution in [3.63, 3.8) is 0 Å². The van der Waals surface area contributed by atoms with Crippen LogP contribution in [0.2, 0.25) is 0 Å². The number of aromatic nitrogens is 2. The van der Waals surface area contributed by atoms with Gasteiger partial charge in [-0.05, 0) is 42.2 Å². The van der Waals surface area contributed by atoms with Crippen LogP contribution in [0.5, 0.6) is 5.75 Å². The van der Waals surface area contributed by atoms with Crippen molar-refractivity contribution in [3.05, 3.63) is 115 Å². The molecule has 0 unspecified atom stereocenters. The van der Waals surface area contributed by atoms with Gasteiger partial charge in [0.2, 0.25) is 0 Å². The summed E-state index contributed by atoms with van der Waals surface area (Å²) in [5.74, 6) is 0.0851. The number of carbonyl (C=O) groups excluding carboxylic acids is 1. The number of aryl methyl sites for hydroxylation is 1. The molecule has 2 heterocycles. The zero-order chi connectivity index (χ0) is 27.9. The van der Waals surface area contributed by atoms with E-state index in [1.54, 1.807) is 18.5 Å². The molecule has 4 aromatic rings. The van der Waals surface area contributed by atoms with Crippen molar-refractivity contribution >= 4 is 29.0 Å². The van der Waals surface area contributed by atoms with Gasteiger partial charge in [-0.1, -0.05) is 60.7 Å². The van der Waals surface area contributed by atoms with Gasteiger partial charge in [-0.15, -0.1) is 6.58 Å². The first-order valence-corrected chi connectivity index (χ1v) is 13.0. The van der Waals surface area contributed by atoms with Gasteiger partial charge in [-0.3, -0.25) is 4.90 Å². The van der Waals surface area contributed by atoms with Gasteiger partial charge in [-0.25, -0.2) is 14.6 Å². The number of esters is 1. The molecular weight excluding hydrogens is 504 g/mol. The zero-order valence-corrected chi connectivity index (χ0v) is 22.0. The lowest BCUT2D eigenvalue weighted by molar-refractivity contribution is -0.126. The maximum Gasteiger partial charge on any atom is 0.408 e. The Balaban J connectivity index is 1.39. The minimum Gasteiger partial charge on any atom is -0.465 e. The van der Waals surface area contributed by atoms with Crippen LogP contribution < -0.4 is 10.1 Å². The Morgan fingerprint density at radius 1 is 1.12 bits per heavy atom. The number of nitrogens with one attached hydrogen (secondary N) is 1. The zero-order valence-electron chi connectivity index (χ0n) is 22.0. The van der Waals surface area contributed by atoms with Gasteiger partial charge in [0.05, 0.1) is 28.8 Å². The summed E-state index contributed by atoms with van der Waals surface area (Å²) in [6.07, 6.45) is 5.86. The van der Waals surface area contributed by atoms with Crippen LogP contribution in [0.25, 0.3) is 22.5 Å². The first-order chi connectivity index (χ1) is 19.4. The lowest BCUT2D eigenvalue weighted by Crippen LogP contribution is -2.39.